The number of thiophene rings is 1. The second-order valence-electron chi connectivity index (χ2n) is 5.14. The maximum absolute atomic E-state index is 12.0. The molecule has 0 bridgehead atoms. The van der Waals surface area contributed by atoms with E-state index < -0.39 is 17.7 Å². The van der Waals surface area contributed by atoms with Crippen molar-refractivity contribution < 1.29 is 14.3 Å². The van der Waals surface area contributed by atoms with Crippen LogP contribution in [0.3, 0.4) is 0 Å². The highest BCUT2D eigenvalue weighted by Gasteiger charge is 2.22. The van der Waals surface area contributed by atoms with Crippen molar-refractivity contribution in [3.63, 3.8) is 0 Å². The third kappa shape index (κ3) is 4.49. The van der Waals surface area contributed by atoms with Gasteiger partial charge < -0.3 is 10.1 Å². The van der Waals surface area contributed by atoms with Crippen LogP contribution in [0.5, 0.6) is 0 Å². The zero-order valence-electron chi connectivity index (χ0n) is 11.4. The summed E-state index contributed by atoms with van der Waals surface area (Å²) in [6.45, 7) is 8.93. The van der Waals surface area contributed by atoms with Gasteiger partial charge in [0.25, 0.3) is 0 Å². The molecule has 5 heteroatoms. The van der Waals surface area contributed by atoms with Crippen molar-refractivity contribution >= 4 is 23.2 Å². The second-order valence-corrected chi connectivity index (χ2v) is 6.43. The fourth-order valence-corrected chi connectivity index (χ4v) is 2.23. The summed E-state index contributed by atoms with van der Waals surface area (Å²) in [6, 6.07) is 3.08. The Labute approximate surface area is 111 Å². The van der Waals surface area contributed by atoms with Crippen LogP contribution in [0.2, 0.25) is 0 Å². The highest BCUT2D eigenvalue weighted by molar-refractivity contribution is 7.14. The minimum absolute atomic E-state index is 0.0982. The van der Waals surface area contributed by atoms with E-state index in [0.29, 0.717) is 4.88 Å². The Morgan fingerprint density at radius 1 is 1.33 bits per heavy atom. The molecule has 1 heterocycles. The lowest BCUT2D eigenvalue weighted by atomic mass is 10.2. The molecule has 0 aliphatic rings. The monoisotopic (exact) mass is 269 g/mol. The SMILES string of the molecule is Cc1ccc(C(=O)C(C)NC(=O)OC(C)(C)C)s1. The summed E-state index contributed by atoms with van der Waals surface area (Å²) < 4.78 is 5.10. The van der Waals surface area contributed by atoms with Gasteiger partial charge in [0, 0.05) is 4.88 Å². The van der Waals surface area contributed by atoms with Gasteiger partial charge in [-0.1, -0.05) is 0 Å². The van der Waals surface area contributed by atoms with Gasteiger partial charge >= 0.3 is 6.09 Å². The maximum Gasteiger partial charge on any atom is 0.408 e. The van der Waals surface area contributed by atoms with E-state index in [1.807, 2.05) is 13.0 Å². The minimum Gasteiger partial charge on any atom is -0.444 e. The number of carbonyl (C=O) groups excluding carboxylic acids is 2. The Balaban J connectivity index is 2.58. The van der Waals surface area contributed by atoms with Crippen LogP contribution in [0, 0.1) is 6.92 Å². The van der Waals surface area contributed by atoms with Gasteiger partial charge in [0.15, 0.2) is 5.78 Å². The molecule has 0 radical (unpaired) electrons. The minimum atomic E-state index is -0.585. The van der Waals surface area contributed by atoms with Crippen LogP contribution in [0.15, 0.2) is 12.1 Å². The van der Waals surface area contributed by atoms with Crippen molar-refractivity contribution in [2.24, 2.45) is 0 Å². The van der Waals surface area contributed by atoms with Crippen LogP contribution < -0.4 is 5.32 Å². The van der Waals surface area contributed by atoms with E-state index in [2.05, 4.69) is 5.32 Å². The number of amides is 1. The molecule has 0 aromatic carbocycles. The lowest BCUT2D eigenvalue weighted by Crippen LogP contribution is -2.41. The molecule has 0 fully saturated rings. The summed E-state index contributed by atoms with van der Waals surface area (Å²) in [4.78, 5) is 25.2. The molecule has 100 valence electrons. The molecular formula is C13H19NO3S. The number of rotatable bonds is 3. The normalized spacial score (nSPS) is 12.9. The zero-order chi connectivity index (χ0) is 13.9. The largest absolute Gasteiger partial charge is 0.444 e. The Kier molecular flexibility index (Phi) is 4.51. The van der Waals surface area contributed by atoms with Crippen molar-refractivity contribution in [1.29, 1.82) is 0 Å². The number of aryl methyl sites for hydroxylation is 1. The molecule has 0 aliphatic carbocycles. The van der Waals surface area contributed by atoms with E-state index in [1.54, 1.807) is 33.8 Å². The number of hydrogen-bond acceptors (Lipinski definition) is 4. The van der Waals surface area contributed by atoms with E-state index in [9.17, 15) is 9.59 Å². The molecular weight excluding hydrogens is 250 g/mol. The lowest BCUT2D eigenvalue weighted by molar-refractivity contribution is 0.0497. The molecule has 1 amide bonds. The summed E-state index contributed by atoms with van der Waals surface area (Å²) in [5, 5.41) is 2.54. The van der Waals surface area contributed by atoms with Gasteiger partial charge in [-0.15, -0.1) is 11.3 Å². The summed E-state index contributed by atoms with van der Waals surface area (Å²) >= 11 is 1.42. The summed E-state index contributed by atoms with van der Waals surface area (Å²) in [7, 11) is 0. The average molecular weight is 269 g/mol. The summed E-state index contributed by atoms with van der Waals surface area (Å²) in [5.41, 5.74) is -0.563. The highest BCUT2D eigenvalue weighted by Crippen LogP contribution is 2.17. The summed E-state index contributed by atoms with van der Waals surface area (Å²) in [5.74, 6) is -0.0982. The van der Waals surface area contributed by atoms with E-state index in [-0.39, 0.29) is 5.78 Å². The second kappa shape index (κ2) is 5.52. The molecule has 0 saturated heterocycles. The quantitative estimate of drug-likeness (QED) is 0.858. The van der Waals surface area contributed by atoms with Gasteiger partial charge in [-0.3, -0.25) is 4.79 Å². The Hall–Kier alpha value is -1.36. The Bertz CT molecular complexity index is 445. The van der Waals surface area contributed by atoms with E-state index in [0.717, 1.165) is 4.88 Å². The molecule has 0 aliphatic heterocycles. The van der Waals surface area contributed by atoms with Crippen LogP contribution in [-0.2, 0) is 4.74 Å². The molecule has 4 nitrogen and oxygen atoms in total. The number of hydrogen-bond donors (Lipinski definition) is 1. The molecule has 1 atom stereocenters. The zero-order valence-corrected chi connectivity index (χ0v) is 12.2. The predicted molar refractivity (Wildman–Crippen MR) is 72.2 cm³/mol. The predicted octanol–water partition coefficient (Wildman–Crippen LogP) is 3.15. The van der Waals surface area contributed by atoms with Gasteiger partial charge in [-0.2, -0.15) is 0 Å². The van der Waals surface area contributed by atoms with Crippen molar-refractivity contribution in [2.75, 3.05) is 0 Å². The standard InChI is InChI=1S/C13H19NO3S/c1-8-6-7-10(18-8)11(15)9(2)14-12(16)17-13(3,4)5/h6-7,9H,1-5H3,(H,14,16). The van der Waals surface area contributed by atoms with Crippen LogP contribution in [-0.4, -0.2) is 23.5 Å². The number of carbonyl (C=O) groups is 2. The van der Waals surface area contributed by atoms with E-state index in [4.69, 9.17) is 4.74 Å². The first-order valence-corrected chi connectivity index (χ1v) is 6.61. The van der Waals surface area contributed by atoms with Crippen molar-refractivity contribution in [1.82, 2.24) is 5.32 Å². The molecule has 1 N–H and O–H groups in total. The van der Waals surface area contributed by atoms with Gasteiger partial charge in [0.05, 0.1) is 10.9 Å². The maximum atomic E-state index is 12.0. The van der Waals surface area contributed by atoms with E-state index >= 15 is 0 Å². The highest BCUT2D eigenvalue weighted by atomic mass is 32.1. The van der Waals surface area contributed by atoms with Crippen molar-refractivity contribution in [2.45, 2.75) is 46.3 Å². The third-order valence-corrected chi connectivity index (χ3v) is 3.12. The first kappa shape index (κ1) is 14.7. The number of ether oxygens (including phenoxy) is 1. The van der Waals surface area contributed by atoms with Gasteiger partial charge in [-0.25, -0.2) is 4.79 Å². The number of nitrogens with one attached hydrogen (secondary N) is 1. The first-order valence-electron chi connectivity index (χ1n) is 5.79. The van der Waals surface area contributed by atoms with Crippen LogP contribution in [0.4, 0.5) is 4.79 Å². The average Bonchev–Trinajstić information content (AvgIpc) is 2.60. The molecule has 1 aromatic heterocycles. The Morgan fingerprint density at radius 2 is 1.94 bits per heavy atom. The molecule has 1 unspecified atom stereocenters. The van der Waals surface area contributed by atoms with Crippen molar-refractivity contribution in [3.05, 3.63) is 21.9 Å². The van der Waals surface area contributed by atoms with Crippen LogP contribution in [0.25, 0.3) is 0 Å². The van der Waals surface area contributed by atoms with E-state index in [1.165, 1.54) is 11.3 Å². The smallest absolute Gasteiger partial charge is 0.408 e. The van der Waals surface area contributed by atoms with Crippen LogP contribution in [0.1, 0.15) is 42.2 Å². The number of ketones is 1. The Morgan fingerprint density at radius 3 is 2.39 bits per heavy atom. The number of alkyl carbamates (subject to hydrolysis) is 1. The molecule has 0 spiro atoms. The van der Waals surface area contributed by atoms with Crippen molar-refractivity contribution in [3.8, 4) is 0 Å². The topological polar surface area (TPSA) is 55.4 Å². The fourth-order valence-electron chi connectivity index (χ4n) is 1.33. The number of Topliss-reactive ketones (excluding diaryl/α,β-unsaturated/α-hetero) is 1. The molecule has 1 aromatic rings. The van der Waals surface area contributed by atoms with Crippen LogP contribution >= 0.6 is 11.3 Å². The fraction of sp³-hybridized carbons (Fsp3) is 0.538. The lowest BCUT2D eigenvalue weighted by Gasteiger charge is -2.21. The van der Waals surface area contributed by atoms with Gasteiger partial charge in [0.1, 0.15) is 5.60 Å². The molecule has 18 heavy (non-hydrogen) atoms. The first-order chi connectivity index (χ1) is 8.19. The summed E-state index contributed by atoms with van der Waals surface area (Å²) in [6.07, 6.45) is -0.573. The van der Waals surface area contributed by atoms with Gasteiger partial charge in [0.2, 0.25) is 0 Å². The molecule has 0 saturated carbocycles. The van der Waals surface area contributed by atoms with Gasteiger partial charge in [-0.05, 0) is 46.8 Å². The third-order valence-electron chi connectivity index (χ3n) is 2.11. The molecule has 1 rings (SSSR count).